The number of hydrogen-bond acceptors (Lipinski definition) is 5. The number of fused-ring (bicyclic) bond motifs is 1. The summed E-state index contributed by atoms with van der Waals surface area (Å²) in [6.07, 6.45) is 0. The number of ether oxygens (including phenoxy) is 1. The van der Waals surface area contributed by atoms with Gasteiger partial charge in [-0.15, -0.1) is 17.0 Å². The van der Waals surface area contributed by atoms with Crippen LogP contribution in [0.15, 0.2) is 36.4 Å². The van der Waals surface area contributed by atoms with Crippen LogP contribution in [0.1, 0.15) is 28.4 Å². The Labute approximate surface area is 162 Å². The highest BCUT2D eigenvalue weighted by molar-refractivity contribution is 8.93. The molecule has 0 atom stereocenters. The van der Waals surface area contributed by atoms with Gasteiger partial charge in [0.2, 0.25) is 0 Å². The van der Waals surface area contributed by atoms with Crippen LogP contribution in [-0.2, 0) is 0 Å². The molecule has 25 heavy (non-hydrogen) atoms. The average molecular weight is 421 g/mol. The molecule has 2 aromatic carbocycles. The molecule has 4 nitrogen and oxygen atoms in total. The lowest BCUT2D eigenvalue weighted by Crippen LogP contribution is -2.15. The van der Waals surface area contributed by atoms with E-state index >= 15 is 0 Å². The van der Waals surface area contributed by atoms with Crippen LogP contribution in [0.25, 0.3) is 10.2 Å². The topological polar surface area (TPSA) is 51.2 Å². The third-order valence-electron chi connectivity index (χ3n) is 3.78. The van der Waals surface area contributed by atoms with Crippen LogP contribution in [-0.4, -0.2) is 23.9 Å². The number of benzene rings is 2. The van der Waals surface area contributed by atoms with Gasteiger partial charge in [0, 0.05) is 5.56 Å². The highest BCUT2D eigenvalue weighted by atomic mass is 79.9. The molecule has 0 unspecified atom stereocenters. The maximum Gasteiger partial charge on any atom is 0.184 e. The van der Waals surface area contributed by atoms with Crippen molar-refractivity contribution in [3.63, 3.8) is 0 Å². The highest BCUT2D eigenvalue weighted by Crippen LogP contribution is 2.32. The molecule has 0 fully saturated rings. The van der Waals surface area contributed by atoms with E-state index in [-0.39, 0.29) is 29.3 Å². The van der Waals surface area contributed by atoms with Crippen molar-refractivity contribution in [2.24, 2.45) is 0 Å². The first-order valence-electron chi connectivity index (χ1n) is 7.95. The average Bonchev–Trinajstić information content (AvgIpc) is 2.99. The van der Waals surface area contributed by atoms with Crippen molar-refractivity contribution in [2.45, 2.75) is 20.8 Å². The van der Waals surface area contributed by atoms with E-state index in [2.05, 4.69) is 10.3 Å². The van der Waals surface area contributed by atoms with Crippen molar-refractivity contribution >= 4 is 49.4 Å². The largest absolute Gasteiger partial charge is 0.492 e. The molecule has 0 aliphatic rings. The van der Waals surface area contributed by atoms with Gasteiger partial charge < -0.3 is 10.1 Å². The summed E-state index contributed by atoms with van der Waals surface area (Å²) in [4.78, 5) is 17.0. The number of anilines is 1. The number of nitrogens with one attached hydrogen (secondary N) is 1. The zero-order valence-electron chi connectivity index (χ0n) is 14.5. The van der Waals surface area contributed by atoms with Crippen LogP contribution in [0.5, 0.6) is 5.75 Å². The Bertz CT molecular complexity index is 892. The summed E-state index contributed by atoms with van der Waals surface area (Å²) in [6, 6.07) is 11.8. The highest BCUT2D eigenvalue weighted by Gasteiger charge is 2.12. The number of thiazole rings is 1. The van der Waals surface area contributed by atoms with E-state index in [1.807, 2.05) is 57.2 Å². The molecule has 3 rings (SSSR count). The van der Waals surface area contributed by atoms with Crippen LogP contribution in [0.4, 0.5) is 5.13 Å². The normalized spacial score (nSPS) is 10.4. The molecule has 3 aromatic rings. The molecule has 0 aliphatic heterocycles. The second-order valence-electron chi connectivity index (χ2n) is 5.65. The molecule has 0 saturated carbocycles. The zero-order valence-corrected chi connectivity index (χ0v) is 17.0. The van der Waals surface area contributed by atoms with Crippen molar-refractivity contribution in [1.82, 2.24) is 4.98 Å². The first-order chi connectivity index (χ1) is 11.6. The summed E-state index contributed by atoms with van der Waals surface area (Å²) in [7, 11) is 0. The molecule has 1 heterocycles. The quantitative estimate of drug-likeness (QED) is 0.557. The van der Waals surface area contributed by atoms with E-state index in [4.69, 9.17) is 4.74 Å². The molecule has 0 aliphatic carbocycles. The smallest absolute Gasteiger partial charge is 0.184 e. The number of rotatable bonds is 6. The van der Waals surface area contributed by atoms with Crippen LogP contribution >= 0.6 is 28.3 Å². The molecule has 132 valence electrons. The lowest BCUT2D eigenvalue weighted by molar-refractivity contribution is 0.101. The monoisotopic (exact) mass is 420 g/mol. The number of aromatic nitrogens is 1. The van der Waals surface area contributed by atoms with Crippen molar-refractivity contribution in [1.29, 1.82) is 0 Å². The van der Waals surface area contributed by atoms with E-state index in [9.17, 15) is 4.79 Å². The van der Waals surface area contributed by atoms with Crippen molar-refractivity contribution in [3.8, 4) is 5.75 Å². The van der Waals surface area contributed by atoms with E-state index in [1.54, 1.807) is 0 Å². The minimum atomic E-state index is 0. The van der Waals surface area contributed by atoms with Gasteiger partial charge in [-0.1, -0.05) is 35.1 Å². The summed E-state index contributed by atoms with van der Waals surface area (Å²) in [5.41, 5.74) is 3.69. The van der Waals surface area contributed by atoms with Crippen LogP contribution in [0, 0.1) is 13.8 Å². The van der Waals surface area contributed by atoms with E-state index in [0.29, 0.717) is 6.61 Å². The second kappa shape index (κ2) is 8.45. The molecular formula is C19H21BrN2O2S. The first-order valence-corrected chi connectivity index (χ1v) is 8.77. The van der Waals surface area contributed by atoms with Crippen molar-refractivity contribution in [3.05, 3.63) is 53.1 Å². The van der Waals surface area contributed by atoms with Gasteiger partial charge in [0.15, 0.2) is 10.9 Å². The van der Waals surface area contributed by atoms with E-state index in [0.717, 1.165) is 37.8 Å². The van der Waals surface area contributed by atoms with Crippen LogP contribution in [0.3, 0.4) is 0 Å². The van der Waals surface area contributed by atoms with Gasteiger partial charge in [-0.25, -0.2) is 4.98 Å². The van der Waals surface area contributed by atoms with Gasteiger partial charge >= 0.3 is 0 Å². The number of carbonyl (C=O) groups excluding carboxylic acids is 1. The van der Waals surface area contributed by atoms with E-state index < -0.39 is 0 Å². The minimum Gasteiger partial charge on any atom is -0.492 e. The molecule has 0 bridgehead atoms. The summed E-state index contributed by atoms with van der Waals surface area (Å²) in [5, 5.41) is 3.88. The summed E-state index contributed by atoms with van der Waals surface area (Å²) < 4.78 is 6.65. The van der Waals surface area contributed by atoms with E-state index in [1.165, 1.54) is 11.3 Å². The van der Waals surface area contributed by atoms with Gasteiger partial charge in [0.05, 0.1) is 17.9 Å². The maximum absolute atomic E-state index is 12.5. The Balaban J connectivity index is 0.00000225. The molecule has 0 amide bonds. The van der Waals surface area contributed by atoms with Gasteiger partial charge in [0.25, 0.3) is 0 Å². The fraction of sp³-hybridized carbons (Fsp3) is 0.263. The molecule has 1 N–H and O–H groups in total. The fourth-order valence-electron chi connectivity index (χ4n) is 2.56. The lowest BCUT2D eigenvalue weighted by Gasteiger charge is -2.06. The summed E-state index contributed by atoms with van der Waals surface area (Å²) in [6.45, 7) is 6.73. The Morgan fingerprint density at radius 2 is 2.04 bits per heavy atom. The predicted octanol–water partition coefficient (Wildman–Crippen LogP) is 5.18. The number of aryl methyl sites for hydroxylation is 2. The number of Topliss-reactive ketones (excluding diaryl/α,β-unsaturated/α-hetero) is 1. The SMILES string of the molecule is Br.CCOc1cccc2sc(NCC(=O)c3cc(C)ccc3C)nc12. The van der Waals surface area contributed by atoms with Crippen LogP contribution < -0.4 is 10.1 Å². The number of para-hydroxylation sites is 1. The van der Waals surface area contributed by atoms with Gasteiger partial charge in [-0.2, -0.15) is 0 Å². The van der Waals surface area contributed by atoms with Gasteiger partial charge in [-0.05, 0) is 44.5 Å². The molecule has 0 radical (unpaired) electrons. The van der Waals surface area contributed by atoms with Crippen molar-refractivity contribution in [2.75, 3.05) is 18.5 Å². The van der Waals surface area contributed by atoms with Crippen molar-refractivity contribution < 1.29 is 9.53 Å². The lowest BCUT2D eigenvalue weighted by atomic mass is 10.0. The summed E-state index contributed by atoms with van der Waals surface area (Å²) in [5.74, 6) is 0.848. The number of carbonyl (C=O) groups is 1. The number of ketones is 1. The molecule has 0 saturated heterocycles. The molecule has 6 heteroatoms. The third-order valence-corrected chi connectivity index (χ3v) is 4.75. The number of hydrogen-bond donors (Lipinski definition) is 1. The second-order valence-corrected chi connectivity index (χ2v) is 6.68. The molecule has 1 aromatic heterocycles. The standard InChI is InChI=1S/C19H20N2O2S.BrH/c1-4-23-16-6-5-7-17-18(16)21-19(24-17)20-11-15(22)14-10-12(2)8-9-13(14)3;/h5-10H,4,11H2,1-3H3,(H,20,21);1H. The van der Waals surface area contributed by atoms with Gasteiger partial charge in [-0.3, -0.25) is 4.79 Å². The zero-order chi connectivity index (χ0) is 17.1. The Kier molecular flexibility index (Phi) is 6.56. The molecular weight excluding hydrogens is 400 g/mol. The first kappa shape index (κ1) is 19.4. The van der Waals surface area contributed by atoms with Crippen LogP contribution in [0.2, 0.25) is 0 Å². The Morgan fingerprint density at radius 1 is 1.24 bits per heavy atom. The molecule has 0 spiro atoms. The number of halogens is 1. The minimum absolute atomic E-state index is 0. The predicted molar refractivity (Wildman–Crippen MR) is 110 cm³/mol. The maximum atomic E-state index is 12.5. The Morgan fingerprint density at radius 3 is 2.80 bits per heavy atom. The summed E-state index contributed by atoms with van der Waals surface area (Å²) >= 11 is 1.53. The van der Waals surface area contributed by atoms with Gasteiger partial charge in [0.1, 0.15) is 11.3 Å². The fourth-order valence-corrected chi connectivity index (χ4v) is 3.44. The number of nitrogens with zero attached hydrogens (tertiary/aromatic N) is 1. The third kappa shape index (κ3) is 4.38. The Hall–Kier alpha value is -1.92.